The maximum absolute atomic E-state index is 14.0. The van der Waals surface area contributed by atoms with Gasteiger partial charge in [0.15, 0.2) is 0 Å². The summed E-state index contributed by atoms with van der Waals surface area (Å²) in [5.74, 6) is -37.3. The molecule has 0 aliphatic carbocycles. The molecule has 0 amide bonds. The fraction of sp³-hybridized carbons (Fsp3) is 0.667. The minimum absolute atomic E-state index is 0.123. The third-order valence-corrected chi connectivity index (χ3v) is 4.66. The van der Waals surface area contributed by atoms with Gasteiger partial charge in [-0.1, -0.05) is 37.6 Å². The van der Waals surface area contributed by atoms with Gasteiger partial charge < -0.3 is 5.11 Å². The van der Waals surface area contributed by atoms with Gasteiger partial charge in [-0.3, -0.25) is 0 Å². The zero-order valence-electron chi connectivity index (χ0n) is 16.1. The Morgan fingerprint density at radius 2 is 1.19 bits per heavy atom. The molecule has 32 heavy (non-hydrogen) atoms. The SMILES string of the molecule is CCCCc1ccccc1C(O)CC(F)(F)C(F)(F)C(F)(F)C(F)(F)C(F)(F)C(F)(F)F. The zero-order valence-corrected chi connectivity index (χ0v) is 16.1. The highest BCUT2D eigenvalue weighted by atomic mass is 19.4. The molecule has 186 valence electrons. The van der Waals surface area contributed by atoms with Crippen molar-refractivity contribution in [3.63, 3.8) is 0 Å². The first-order valence-corrected chi connectivity index (χ1v) is 8.90. The van der Waals surface area contributed by atoms with Crippen molar-refractivity contribution < 1.29 is 62.2 Å². The molecule has 0 aromatic heterocycles. The third kappa shape index (κ3) is 4.65. The van der Waals surface area contributed by atoms with Crippen molar-refractivity contribution in [2.75, 3.05) is 0 Å². The number of aliphatic hydroxyl groups excluding tert-OH is 1. The van der Waals surface area contributed by atoms with Crippen LogP contribution in [-0.2, 0) is 6.42 Å². The van der Waals surface area contributed by atoms with Gasteiger partial charge in [0, 0.05) is 6.42 Å². The molecule has 1 atom stereocenters. The fourth-order valence-corrected chi connectivity index (χ4v) is 2.74. The van der Waals surface area contributed by atoms with Crippen LogP contribution in [0, 0.1) is 0 Å². The molecule has 0 bridgehead atoms. The van der Waals surface area contributed by atoms with Crippen molar-refractivity contribution in [1.29, 1.82) is 0 Å². The Morgan fingerprint density at radius 3 is 1.66 bits per heavy atom. The molecule has 0 aliphatic heterocycles. The van der Waals surface area contributed by atoms with E-state index in [1.165, 1.54) is 12.1 Å². The summed E-state index contributed by atoms with van der Waals surface area (Å²) in [5, 5.41) is 9.88. The number of aryl methyl sites for hydroxylation is 1. The van der Waals surface area contributed by atoms with Gasteiger partial charge in [0.25, 0.3) is 0 Å². The first-order chi connectivity index (χ1) is 14.2. The number of rotatable bonds is 10. The normalized spacial score (nSPS) is 15.7. The molecule has 0 saturated carbocycles. The lowest BCUT2D eigenvalue weighted by Crippen LogP contribution is -2.70. The molecule has 1 unspecified atom stereocenters. The number of benzene rings is 1. The van der Waals surface area contributed by atoms with E-state index in [2.05, 4.69) is 0 Å². The van der Waals surface area contributed by atoms with Crippen molar-refractivity contribution in [3.05, 3.63) is 35.4 Å². The van der Waals surface area contributed by atoms with Crippen LogP contribution in [0.3, 0.4) is 0 Å². The van der Waals surface area contributed by atoms with Crippen LogP contribution in [0.2, 0.25) is 0 Å². The number of halogens is 13. The topological polar surface area (TPSA) is 20.2 Å². The van der Waals surface area contributed by atoms with E-state index in [-0.39, 0.29) is 12.0 Å². The Labute approximate surface area is 173 Å². The summed E-state index contributed by atoms with van der Waals surface area (Å²) in [7, 11) is 0. The molecular weight excluding hydrogens is 479 g/mol. The summed E-state index contributed by atoms with van der Waals surface area (Å²) >= 11 is 0. The van der Waals surface area contributed by atoms with Crippen LogP contribution in [0.4, 0.5) is 57.1 Å². The Balaban J connectivity index is 3.35. The van der Waals surface area contributed by atoms with Crippen molar-refractivity contribution >= 4 is 0 Å². The van der Waals surface area contributed by atoms with Crippen molar-refractivity contribution in [3.8, 4) is 0 Å². The predicted molar refractivity (Wildman–Crippen MR) is 85.4 cm³/mol. The molecule has 0 radical (unpaired) electrons. The smallest absolute Gasteiger partial charge is 0.388 e. The molecule has 1 aromatic carbocycles. The molecule has 1 rings (SSSR count). The summed E-state index contributed by atoms with van der Waals surface area (Å²) in [6.45, 7) is 1.72. The minimum Gasteiger partial charge on any atom is -0.388 e. The Morgan fingerprint density at radius 1 is 0.719 bits per heavy atom. The van der Waals surface area contributed by atoms with E-state index in [1.807, 2.05) is 0 Å². The maximum atomic E-state index is 14.0. The average Bonchev–Trinajstić information content (AvgIpc) is 2.64. The largest absolute Gasteiger partial charge is 0.460 e. The molecule has 1 nitrogen and oxygen atoms in total. The first-order valence-electron chi connectivity index (χ1n) is 8.90. The van der Waals surface area contributed by atoms with Gasteiger partial charge >= 0.3 is 35.8 Å². The first kappa shape index (κ1) is 28.3. The lowest BCUT2D eigenvalue weighted by atomic mass is 9.88. The molecule has 0 aliphatic rings. The minimum atomic E-state index is -7.95. The molecule has 0 saturated heterocycles. The molecule has 0 fully saturated rings. The second-order valence-corrected chi connectivity index (χ2v) is 7.02. The maximum Gasteiger partial charge on any atom is 0.460 e. The second-order valence-electron chi connectivity index (χ2n) is 7.02. The highest BCUT2D eigenvalue weighted by Gasteiger charge is 2.90. The second kappa shape index (κ2) is 8.90. The monoisotopic (exact) mass is 496 g/mol. The van der Waals surface area contributed by atoms with Crippen LogP contribution in [0.15, 0.2) is 24.3 Å². The van der Waals surface area contributed by atoms with E-state index < -0.39 is 53.9 Å². The van der Waals surface area contributed by atoms with Crippen molar-refractivity contribution in [2.24, 2.45) is 0 Å². The quantitative estimate of drug-likeness (QED) is 0.340. The molecular formula is C18H17F13O. The van der Waals surface area contributed by atoms with Crippen LogP contribution in [0.25, 0.3) is 0 Å². The zero-order chi connectivity index (χ0) is 25.4. The molecule has 1 N–H and O–H groups in total. The predicted octanol–water partition coefficient (Wildman–Crippen LogP) is 7.19. The third-order valence-electron chi connectivity index (χ3n) is 4.66. The van der Waals surface area contributed by atoms with Gasteiger partial charge in [-0.25, -0.2) is 0 Å². The number of hydrogen-bond donors (Lipinski definition) is 1. The highest BCUT2D eigenvalue weighted by Crippen LogP contribution is 2.61. The average molecular weight is 496 g/mol. The van der Waals surface area contributed by atoms with E-state index in [0.717, 1.165) is 12.1 Å². The summed E-state index contributed by atoms with van der Waals surface area (Å²) in [6.07, 6.45) is -11.7. The fourth-order valence-electron chi connectivity index (χ4n) is 2.74. The van der Waals surface area contributed by atoms with Crippen molar-refractivity contribution in [2.45, 2.75) is 74.5 Å². The summed E-state index contributed by atoms with van der Waals surface area (Å²) in [6, 6.07) is 4.74. The van der Waals surface area contributed by atoms with E-state index in [1.54, 1.807) is 6.92 Å². The van der Waals surface area contributed by atoms with Crippen LogP contribution in [-0.4, -0.2) is 40.9 Å². The lowest BCUT2D eigenvalue weighted by molar-refractivity contribution is -0.440. The highest BCUT2D eigenvalue weighted by molar-refractivity contribution is 5.29. The molecule has 14 heteroatoms. The van der Waals surface area contributed by atoms with Gasteiger partial charge in [0.1, 0.15) is 0 Å². The van der Waals surface area contributed by atoms with Gasteiger partial charge in [0.2, 0.25) is 0 Å². The Kier molecular flexibility index (Phi) is 7.87. The van der Waals surface area contributed by atoms with E-state index >= 15 is 0 Å². The van der Waals surface area contributed by atoms with Gasteiger partial charge in [-0.05, 0) is 24.0 Å². The lowest BCUT2D eigenvalue weighted by Gasteiger charge is -2.40. The molecule has 0 spiro atoms. The molecule has 0 heterocycles. The Hall–Kier alpha value is -1.73. The number of hydrogen-bond acceptors (Lipinski definition) is 1. The van der Waals surface area contributed by atoms with E-state index in [9.17, 15) is 62.2 Å². The standard InChI is InChI=1S/C18H17F13O/c1-2-3-6-10-7-4-5-8-11(10)12(32)9-13(19,20)14(21,22)15(23,24)16(25,26)17(27,28)18(29,30)31/h4-5,7-8,12,32H,2-3,6,9H2,1H3. The van der Waals surface area contributed by atoms with Crippen molar-refractivity contribution in [1.82, 2.24) is 0 Å². The molecule has 1 aromatic rings. The number of unbranched alkanes of at least 4 members (excludes halogenated alkanes) is 1. The van der Waals surface area contributed by atoms with Crippen LogP contribution in [0.1, 0.15) is 43.4 Å². The van der Waals surface area contributed by atoms with Crippen LogP contribution >= 0.6 is 0 Å². The number of aliphatic hydroxyl groups is 1. The van der Waals surface area contributed by atoms with Gasteiger partial charge in [-0.2, -0.15) is 57.1 Å². The van der Waals surface area contributed by atoms with E-state index in [0.29, 0.717) is 12.8 Å². The van der Waals surface area contributed by atoms with Crippen LogP contribution in [0.5, 0.6) is 0 Å². The summed E-state index contributed by atoms with van der Waals surface area (Å²) in [5.41, 5.74) is -0.325. The summed E-state index contributed by atoms with van der Waals surface area (Å²) in [4.78, 5) is 0. The summed E-state index contributed by atoms with van der Waals surface area (Å²) < 4.78 is 171. The van der Waals surface area contributed by atoms with E-state index in [4.69, 9.17) is 0 Å². The van der Waals surface area contributed by atoms with Crippen LogP contribution < -0.4 is 0 Å². The van der Waals surface area contributed by atoms with Gasteiger partial charge in [0.05, 0.1) is 6.10 Å². The Bertz CT molecular complexity index is 770. The van der Waals surface area contributed by atoms with Gasteiger partial charge in [-0.15, -0.1) is 0 Å². The number of alkyl halides is 13.